The van der Waals surface area contributed by atoms with Crippen LogP contribution in [0, 0.1) is 0 Å². The first-order valence-corrected chi connectivity index (χ1v) is 6.91. The molecule has 7 heteroatoms. The van der Waals surface area contributed by atoms with Gasteiger partial charge in [-0.15, -0.1) is 0 Å². The van der Waals surface area contributed by atoms with E-state index in [1.54, 1.807) is 12.1 Å². The summed E-state index contributed by atoms with van der Waals surface area (Å²) >= 11 is 3.31. The molecule has 0 atom stereocenters. The third-order valence-electron chi connectivity index (χ3n) is 2.72. The Hall–Kier alpha value is -1.89. The van der Waals surface area contributed by atoms with Gasteiger partial charge >= 0.3 is 11.9 Å². The second-order valence-electron chi connectivity index (χ2n) is 4.21. The molecule has 6 nitrogen and oxygen atoms in total. The lowest BCUT2D eigenvalue weighted by atomic mass is 10.1. The molecule has 0 saturated heterocycles. The van der Waals surface area contributed by atoms with E-state index in [2.05, 4.69) is 25.4 Å². The van der Waals surface area contributed by atoms with Crippen LogP contribution in [0.5, 0.6) is 0 Å². The third kappa shape index (κ3) is 5.95. The maximum absolute atomic E-state index is 12.2. The molecule has 0 saturated carbocycles. The zero-order chi connectivity index (χ0) is 15.8. The molecule has 1 aromatic rings. The molecule has 0 aromatic heterocycles. The Bertz CT molecular complexity index is 497. The summed E-state index contributed by atoms with van der Waals surface area (Å²) in [7, 11) is 2.44. The second-order valence-corrected chi connectivity index (χ2v) is 5.12. The van der Waals surface area contributed by atoms with Gasteiger partial charge in [-0.25, -0.2) is 0 Å². The number of esters is 2. The molecule has 1 aromatic carbocycles. The van der Waals surface area contributed by atoms with Crippen LogP contribution < -0.4 is 0 Å². The molecule has 1 rings (SSSR count). The zero-order valence-electron chi connectivity index (χ0n) is 11.8. The minimum Gasteiger partial charge on any atom is -0.468 e. The highest BCUT2D eigenvalue weighted by Gasteiger charge is 2.21. The van der Waals surface area contributed by atoms with E-state index >= 15 is 0 Å². The molecule has 114 valence electrons. The highest BCUT2D eigenvalue weighted by molar-refractivity contribution is 9.10. The van der Waals surface area contributed by atoms with Gasteiger partial charge in [0.15, 0.2) is 0 Å². The number of benzene rings is 1. The fraction of sp³-hybridized carbons (Fsp3) is 0.357. The summed E-state index contributed by atoms with van der Waals surface area (Å²) in [6.07, 6.45) is 0.0846. The monoisotopic (exact) mass is 357 g/mol. The maximum atomic E-state index is 12.2. The van der Waals surface area contributed by atoms with E-state index in [0.717, 1.165) is 14.9 Å². The van der Waals surface area contributed by atoms with E-state index in [1.807, 2.05) is 12.1 Å². The van der Waals surface area contributed by atoms with Crippen molar-refractivity contribution in [2.24, 2.45) is 0 Å². The number of carbonyl (C=O) groups is 3. The van der Waals surface area contributed by atoms with Gasteiger partial charge in [-0.3, -0.25) is 14.4 Å². The highest BCUT2D eigenvalue weighted by Crippen LogP contribution is 2.11. The lowest BCUT2D eigenvalue weighted by Gasteiger charge is -2.20. The Labute approximate surface area is 131 Å². The van der Waals surface area contributed by atoms with E-state index in [9.17, 15) is 14.4 Å². The summed E-state index contributed by atoms with van der Waals surface area (Å²) in [4.78, 5) is 35.9. The zero-order valence-corrected chi connectivity index (χ0v) is 13.4. The second kappa shape index (κ2) is 8.41. The van der Waals surface area contributed by atoms with Crippen molar-refractivity contribution in [2.75, 3.05) is 27.3 Å². The molecule has 0 aliphatic rings. The van der Waals surface area contributed by atoms with Crippen molar-refractivity contribution in [3.8, 4) is 0 Å². The first-order chi connectivity index (χ1) is 9.96. The fourth-order valence-corrected chi connectivity index (χ4v) is 1.83. The van der Waals surface area contributed by atoms with Crippen molar-refractivity contribution in [1.82, 2.24) is 4.90 Å². The van der Waals surface area contributed by atoms with Gasteiger partial charge in [-0.05, 0) is 17.7 Å². The fourth-order valence-electron chi connectivity index (χ4n) is 1.56. The topological polar surface area (TPSA) is 72.9 Å². The van der Waals surface area contributed by atoms with Gasteiger partial charge in [-0.2, -0.15) is 0 Å². The normalized spacial score (nSPS) is 9.86. The summed E-state index contributed by atoms with van der Waals surface area (Å²) < 4.78 is 9.94. The molecule has 0 heterocycles. The SMILES string of the molecule is COC(=O)CN(CC(=O)OC)C(=O)Cc1ccc(Br)cc1. The van der Waals surface area contributed by atoms with Gasteiger partial charge in [0.25, 0.3) is 0 Å². The predicted octanol–water partition coefficient (Wildman–Crippen LogP) is 1.17. The standard InChI is InChI=1S/C14H16BrNO5/c1-20-13(18)8-16(9-14(19)21-2)12(17)7-10-3-5-11(15)6-4-10/h3-6H,7-9H2,1-2H3. The number of ether oxygens (including phenoxy) is 2. The molecule has 0 N–H and O–H groups in total. The highest BCUT2D eigenvalue weighted by atomic mass is 79.9. The molecule has 0 aliphatic carbocycles. The van der Waals surface area contributed by atoms with E-state index in [1.165, 1.54) is 14.2 Å². The van der Waals surface area contributed by atoms with Crippen molar-refractivity contribution in [3.05, 3.63) is 34.3 Å². The van der Waals surface area contributed by atoms with Crippen molar-refractivity contribution in [1.29, 1.82) is 0 Å². The summed E-state index contributed by atoms with van der Waals surface area (Å²) in [5.74, 6) is -1.54. The molecule has 0 unspecified atom stereocenters. The summed E-state index contributed by atoms with van der Waals surface area (Å²) in [5, 5.41) is 0. The molecule has 0 bridgehead atoms. The number of amides is 1. The molecule has 0 fully saturated rings. The van der Waals surface area contributed by atoms with Crippen LogP contribution in [0.25, 0.3) is 0 Å². The smallest absolute Gasteiger partial charge is 0.325 e. The van der Waals surface area contributed by atoms with Gasteiger partial charge in [0, 0.05) is 4.47 Å². The van der Waals surface area contributed by atoms with Crippen LogP contribution in [0.4, 0.5) is 0 Å². The van der Waals surface area contributed by atoms with Crippen molar-refractivity contribution in [3.63, 3.8) is 0 Å². The minimum absolute atomic E-state index is 0.0846. The molecule has 0 radical (unpaired) electrons. The summed E-state index contributed by atoms with van der Waals surface area (Å²) in [6, 6.07) is 7.20. The van der Waals surface area contributed by atoms with Gasteiger partial charge < -0.3 is 14.4 Å². The van der Waals surface area contributed by atoms with Gasteiger partial charge in [0.2, 0.25) is 5.91 Å². The first kappa shape index (κ1) is 17.2. The Kier molecular flexibility index (Phi) is 6.87. The lowest BCUT2D eigenvalue weighted by Crippen LogP contribution is -2.41. The Morgan fingerprint density at radius 1 is 1.00 bits per heavy atom. The number of methoxy groups -OCH3 is 2. The van der Waals surface area contributed by atoms with Crippen LogP contribution >= 0.6 is 15.9 Å². The quantitative estimate of drug-likeness (QED) is 0.714. The minimum atomic E-state index is -0.594. The summed E-state index contributed by atoms with van der Waals surface area (Å²) in [5.41, 5.74) is 0.780. The van der Waals surface area contributed by atoms with Crippen molar-refractivity contribution >= 4 is 33.8 Å². The van der Waals surface area contributed by atoms with Crippen LogP contribution in [0.2, 0.25) is 0 Å². The number of rotatable bonds is 6. The van der Waals surface area contributed by atoms with E-state index in [4.69, 9.17) is 0 Å². The van der Waals surface area contributed by atoms with Gasteiger partial charge in [-0.1, -0.05) is 28.1 Å². The van der Waals surface area contributed by atoms with Gasteiger partial charge in [0.1, 0.15) is 13.1 Å². The first-order valence-electron chi connectivity index (χ1n) is 6.12. The van der Waals surface area contributed by atoms with Gasteiger partial charge in [0.05, 0.1) is 20.6 Å². The Balaban J connectivity index is 2.75. The Morgan fingerprint density at radius 2 is 1.48 bits per heavy atom. The van der Waals surface area contributed by atoms with E-state index in [-0.39, 0.29) is 25.4 Å². The maximum Gasteiger partial charge on any atom is 0.325 e. The predicted molar refractivity (Wildman–Crippen MR) is 78.5 cm³/mol. The van der Waals surface area contributed by atoms with E-state index < -0.39 is 11.9 Å². The number of carbonyl (C=O) groups excluding carboxylic acids is 3. The average Bonchev–Trinajstić information content (AvgIpc) is 2.48. The third-order valence-corrected chi connectivity index (χ3v) is 3.25. The van der Waals surface area contributed by atoms with Crippen LogP contribution in [-0.4, -0.2) is 50.1 Å². The van der Waals surface area contributed by atoms with E-state index in [0.29, 0.717) is 0 Å². The number of halogens is 1. The van der Waals surface area contributed by atoms with Crippen LogP contribution in [0.1, 0.15) is 5.56 Å². The van der Waals surface area contributed by atoms with Crippen molar-refractivity contribution < 1.29 is 23.9 Å². The van der Waals surface area contributed by atoms with Crippen LogP contribution in [-0.2, 0) is 30.3 Å². The number of hydrogen-bond donors (Lipinski definition) is 0. The summed E-state index contributed by atoms with van der Waals surface area (Å²) in [6.45, 7) is -0.581. The van der Waals surface area contributed by atoms with Crippen molar-refractivity contribution in [2.45, 2.75) is 6.42 Å². The number of nitrogens with zero attached hydrogens (tertiary/aromatic N) is 1. The molecule has 0 spiro atoms. The largest absolute Gasteiger partial charge is 0.468 e. The molecule has 21 heavy (non-hydrogen) atoms. The number of hydrogen-bond acceptors (Lipinski definition) is 5. The van der Waals surface area contributed by atoms with Crippen LogP contribution in [0.15, 0.2) is 28.7 Å². The molecular weight excluding hydrogens is 342 g/mol. The molecule has 1 amide bonds. The average molecular weight is 358 g/mol. The van der Waals surface area contributed by atoms with Crippen LogP contribution in [0.3, 0.4) is 0 Å². The lowest BCUT2D eigenvalue weighted by molar-refractivity contribution is -0.151. The molecular formula is C14H16BrNO5. The Morgan fingerprint density at radius 3 is 1.90 bits per heavy atom. The molecule has 0 aliphatic heterocycles.